The number of thiazole rings is 1. The summed E-state index contributed by atoms with van der Waals surface area (Å²) in [6.45, 7) is 3.94. The van der Waals surface area contributed by atoms with E-state index >= 15 is 0 Å². The highest BCUT2D eigenvalue weighted by molar-refractivity contribution is 7.13. The SMILES string of the molecule is CC1=C(c2ccc(NC(=O)c3ccncc3F)cc2)CN(c2nccs2)CC1. The van der Waals surface area contributed by atoms with Gasteiger partial charge in [-0.05, 0) is 42.7 Å². The van der Waals surface area contributed by atoms with Gasteiger partial charge in [0.15, 0.2) is 10.9 Å². The first-order chi connectivity index (χ1) is 13.6. The highest BCUT2D eigenvalue weighted by atomic mass is 32.1. The van der Waals surface area contributed by atoms with Crippen molar-refractivity contribution in [2.75, 3.05) is 23.3 Å². The molecule has 1 aliphatic rings. The predicted molar refractivity (Wildman–Crippen MR) is 110 cm³/mol. The van der Waals surface area contributed by atoms with Crippen molar-refractivity contribution in [1.29, 1.82) is 0 Å². The molecule has 1 amide bonds. The van der Waals surface area contributed by atoms with E-state index in [4.69, 9.17) is 0 Å². The van der Waals surface area contributed by atoms with Crippen molar-refractivity contribution in [1.82, 2.24) is 9.97 Å². The summed E-state index contributed by atoms with van der Waals surface area (Å²) in [4.78, 5) is 22.6. The van der Waals surface area contributed by atoms with Gasteiger partial charge in [0.25, 0.3) is 5.91 Å². The second kappa shape index (κ2) is 7.90. The van der Waals surface area contributed by atoms with Crippen LogP contribution in [0.5, 0.6) is 0 Å². The maximum Gasteiger partial charge on any atom is 0.258 e. The van der Waals surface area contributed by atoms with Gasteiger partial charge < -0.3 is 10.2 Å². The summed E-state index contributed by atoms with van der Waals surface area (Å²) >= 11 is 1.65. The minimum atomic E-state index is -0.637. The van der Waals surface area contributed by atoms with Crippen molar-refractivity contribution in [2.24, 2.45) is 0 Å². The molecule has 28 heavy (non-hydrogen) atoms. The van der Waals surface area contributed by atoms with Crippen LogP contribution in [-0.2, 0) is 0 Å². The van der Waals surface area contributed by atoms with E-state index in [0.717, 1.165) is 36.4 Å². The Kier molecular flexibility index (Phi) is 5.16. The minimum Gasteiger partial charge on any atom is -0.343 e. The van der Waals surface area contributed by atoms with Crippen LogP contribution >= 0.6 is 11.3 Å². The lowest BCUT2D eigenvalue weighted by atomic mass is 9.95. The molecule has 0 atom stereocenters. The highest BCUT2D eigenvalue weighted by Crippen LogP contribution is 2.31. The van der Waals surface area contributed by atoms with E-state index < -0.39 is 11.7 Å². The number of nitrogens with one attached hydrogen (secondary N) is 1. The summed E-state index contributed by atoms with van der Waals surface area (Å²) in [5.41, 5.74) is 4.36. The van der Waals surface area contributed by atoms with E-state index in [1.54, 1.807) is 11.3 Å². The molecule has 1 N–H and O–H groups in total. The average Bonchev–Trinajstić information content (AvgIpc) is 3.24. The van der Waals surface area contributed by atoms with Gasteiger partial charge in [0, 0.05) is 36.6 Å². The molecular formula is C21H19FN4OS. The quantitative estimate of drug-likeness (QED) is 0.702. The number of carbonyl (C=O) groups is 1. The first-order valence-electron chi connectivity index (χ1n) is 8.96. The maximum absolute atomic E-state index is 13.7. The number of benzene rings is 1. The third-order valence-corrected chi connectivity index (χ3v) is 5.65. The molecule has 3 heterocycles. The van der Waals surface area contributed by atoms with Crippen LogP contribution in [0.2, 0.25) is 0 Å². The number of rotatable bonds is 4. The fraction of sp³-hybridized carbons (Fsp3) is 0.190. The van der Waals surface area contributed by atoms with E-state index in [9.17, 15) is 9.18 Å². The second-order valence-electron chi connectivity index (χ2n) is 6.63. The Morgan fingerprint density at radius 1 is 1.21 bits per heavy atom. The monoisotopic (exact) mass is 394 g/mol. The zero-order chi connectivity index (χ0) is 19.5. The molecule has 3 aromatic rings. The van der Waals surface area contributed by atoms with Crippen molar-refractivity contribution in [3.63, 3.8) is 0 Å². The molecule has 1 aliphatic heterocycles. The van der Waals surface area contributed by atoms with Crippen LogP contribution in [-0.4, -0.2) is 29.0 Å². The standard InChI is InChI=1S/C21H19FN4OS/c1-14-7-10-26(21-24-9-11-28-21)13-18(14)15-2-4-16(5-3-15)25-20(27)17-6-8-23-12-19(17)22/h2-6,8-9,11-12H,7,10,13H2,1H3,(H,25,27). The number of hydrogen-bond acceptors (Lipinski definition) is 5. The first-order valence-corrected chi connectivity index (χ1v) is 9.84. The number of aromatic nitrogens is 2. The topological polar surface area (TPSA) is 58.1 Å². The molecule has 4 rings (SSSR count). The van der Waals surface area contributed by atoms with Crippen molar-refractivity contribution < 1.29 is 9.18 Å². The molecule has 142 valence electrons. The van der Waals surface area contributed by atoms with E-state index in [1.165, 1.54) is 23.4 Å². The zero-order valence-electron chi connectivity index (χ0n) is 15.4. The highest BCUT2D eigenvalue weighted by Gasteiger charge is 2.20. The van der Waals surface area contributed by atoms with Crippen LogP contribution < -0.4 is 10.2 Å². The van der Waals surface area contributed by atoms with Gasteiger partial charge >= 0.3 is 0 Å². The summed E-state index contributed by atoms with van der Waals surface area (Å²) < 4.78 is 13.7. The van der Waals surface area contributed by atoms with Crippen molar-refractivity contribution >= 4 is 33.6 Å². The number of halogens is 1. The van der Waals surface area contributed by atoms with E-state index in [1.807, 2.05) is 35.8 Å². The lowest BCUT2D eigenvalue weighted by molar-refractivity contribution is 0.102. The Bertz CT molecular complexity index is 1020. The fourth-order valence-electron chi connectivity index (χ4n) is 3.24. The van der Waals surface area contributed by atoms with E-state index in [-0.39, 0.29) is 5.56 Å². The van der Waals surface area contributed by atoms with Crippen LogP contribution in [0.1, 0.15) is 29.3 Å². The van der Waals surface area contributed by atoms with Gasteiger partial charge in [-0.2, -0.15) is 0 Å². The smallest absolute Gasteiger partial charge is 0.258 e. The molecule has 0 radical (unpaired) electrons. The largest absolute Gasteiger partial charge is 0.343 e. The Morgan fingerprint density at radius 2 is 2.04 bits per heavy atom. The Labute approximate surface area is 166 Å². The van der Waals surface area contributed by atoms with Gasteiger partial charge in [-0.1, -0.05) is 17.7 Å². The summed E-state index contributed by atoms with van der Waals surface area (Å²) in [5, 5.41) is 5.75. The molecule has 0 fully saturated rings. The molecule has 0 saturated heterocycles. The van der Waals surface area contributed by atoms with E-state index in [2.05, 4.69) is 27.1 Å². The first kappa shape index (κ1) is 18.3. The van der Waals surface area contributed by atoms with Crippen molar-refractivity contribution in [2.45, 2.75) is 13.3 Å². The molecule has 0 unspecified atom stereocenters. The number of amides is 1. The van der Waals surface area contributed by atoms with Crippen LogP contribution in [0.3, 0.4) is 0 Å². The molecular weight excluding hydrogens is 375 g/mol. The van der Waals surface area contributed by atoms with Gasteiger partial charge in [-0.3, -0.25) is 9.78 Å². The summed E-state index contributed by atoms with van der Waals surface area (Å²) in [6, 6.07) is 9.03. The van der Waals surface area contributed by atoms with E-state index in [0.29, 0.717) is 5.69 Å². The third-order valence-electron chi connectivity index (χ3n) is 4.82. The number of nitrogens with zero attached hydrogens (tertiary/aromatic N) is 3. The van der Waals surface area contributed by atoms with Gasteiger partial charge in [0.05, 0.1) is 11.8 Å². The predicted octanol–water partition coefficient (Wildman–Crippen LogP) is 4.61. The van der Waals surface area contributed by atoms with Gasteiger partial charge in [-0.15, -0.1) is 11.3 Å². The maximum atomic E-state index is 13.7. The van der Waals surface area contributed by atoms with Crippen molar-refractivity contribution in [3.8, 4) is 0 Å². The molecule has 2 aromatic heterocycles. The summed E-state index contributed by atoms with van der Waals surface area (Å²) in [5.74, 6) is -1.13. The Balaban J connectivity index is 1.50. The molecule has 0 saturated carbocycles. The number of hydrogen-bond donors (Lipinski definition) is 1. The summed E-state index contributed by atoms with van der Waals surface area (Å²) in [7, 11) is 0. The van der Waals surface area contributed by atoms with Crippen LogP contribution in [0.15, 0.2) is 59.9 Å². The van der Waals surface area contributed by atoms with Gasteiger partial charge in [0.2, 0.25) is 0 Å². The molecule has 0 spiro atoms. The van der Waals surface area contributed by atoms with Crippen LogP contribution in [0.25, 0.3) is 5.57 Å². The van der Waals surface area contributed by atoms with Crippen molar-refractivity contribution in [3.05, 3.63) is 76.8 Å². The molecule has 5 nitrogen and oxygen atoms in total. The van der Waals surface area contributed by atoms with Crippen LogP contribution in [0.4, 0.5) is 15.2 Å². The lowest BCUT2D eigenvalue weighted by Crippen LogP contribution is -2.30. The lowest BCUT2D eigenvalue weighted by Gasteiger charge is -2.30. The van der Waals surface area contributed by atoms with Crippen LogP contribution in [0, 0.1) is 5.82 Å². The Hall–Kier alpha value is -3.06. The third kappa shape index (κ3) is 3.80. The summed E-state index contributed by atoms with van der Waals surface area (Å²) in [6.07, 6.45) is 5.25. The fourth-order valence-corrected chi connectivity index (χ4v) is 3.91. The average molecular weight is 394 g/mol. The minimum absolute atomic E-state index is 0.0241. The second-order valence-corrected chi connectivity index (χ2v) is 7.51. The normalized spacial score (nSPS) is 14.3. The zero-order valence-corrected chi connectivity index (χ0v) is 16.2. The Morgan fingerprint density at radius 3 is 2.75 bits per heavy atom. The number of anilines is 2. The molecule has 0 bridgehead atoms. The molecule has 7 heteroatoms. The number of carbonyl (C=O) groups excluding carboxylic acids is 1. The molecule has 0 aliphatic carbocycles. The van der Waals surface area contributed by atoms with Gasteiger partial charge in [0.1, 0.15) is 0 Å². The van der Waals surface area contributed by atoms with Gasteiger partial charge in [-0.25, -0.2) is 9.37 Å². The number of pyridine rings is 1. The molecule has 1 aromatic carbocycles.